The first-order valence-electron chi connectivity index (χ1n) is 7.72. The molecule has 0 aromatic heterocycles. The molecule has 20 heavy (non-hydrogen) atoms. The fraction of sp³-hybridized carbons (Fsp3) is 0.588. The fourth-order valence-corrected chi connectivity index (χ4v) is 2.43. The van der Waals surface area contributed by atoms with Crippen molar-refractivity contribution in [2.45, 2.75) is 58.5 Å². The Hall–Kier alpha value is -1.35. The lowest BCUT2D eigenvalue weighted by atomic mass is 10.1. The van der Waals surface area contributed by atoms with Gasteiger partial charge in [-0.1, -0.05) is 37.5 Å². The first-order valence-corrected chi connectivity index (χ1v) is 7.72. The molecule has 0 saturated heterocycles. The van der Waals surface area contributed by atoms with Crippen LogP contribution in [0, 0.1) is 12.8 Å². The van der Waals surface area contributed by atoms with Crippen molar-refractivity contribution in [2.75, 3.05) is 5.32 Å². The molecule has 2 atom stereocenters. The van der Waals surface area contributed by atoms with E-state index in [1.54, 1.807) is 0 Å². The second-order valence-electron chi connectivity index (χ2n) is 6.03. The van der Waals surface area contributed by atoms with Crippen LogP contribution in [0.25, 0.3) is 0 Å². The minimum absolute atomic E-state index is 0.0445. The minimum Gasteiger partial charge on any atom is -0.325 e. The number of carbonyl (C=O) groups excluding carboxylic acids is 1. The third-order valence-corrected chi connectivity index (χ3v) is 4.01. The van der Waals surface area contributed by atoms with Gasteiger partial charge in [0.25, 0.3) is 0 Å². The zero-order chi connectivity index (χ0) is 14.5. The van der Waals surface area contributed by atoms with Crippen molar-refractivity contribution in [3.8, 4) is 0 Å². The second-order valence-corrected chi connectivity index (χ2v) is 6.03. The Balaban J connectivity index is 1.82. The molecule has 0 heterocycles. The average Bonchev–Trinajstić information content (AvgIpc) is 3.24. The summed E-state index contributed by atoms with van der Waals surface area (Å²) in [5.74, 6) is 0.933. The number of amides is 1. The predicted molar refractivity (Wildman–Crippen MR) is 83.8 cm³/mol. The Morgan fingerprint density at radius 1 is 1.30 bits per heavy atom. The van der Waals surface area contributed by atoms with E-state index in [-0.39, 0.29) is 11.9 Å². The van der Waals surface area contributed by atoms with Gasteiger partial charge >= 0.3 is 0 Å². The molecule has 2 unspecified atom stereocenters. The highest BCUT2D eigenvalue weighted by Gasteiger charge is 2.26. The van der Waals surface area contributed by atoms with E-state index in [2.05, 4.69) is 17.6 Å². The third kappa shape index (κ3) is 4.64. The van der Waals surface area contributed by atoms with Gasteiger partial charge < -0.3 is 10.6 Å². The maximum Gasteiger partial charge on any atom is 0.241 e. The van der Waals surface area contributed by atoms with Crippen LogP contribution in [0.3, 0.4) is 0 Å². The molecule has 0 spiro atoms. The average molecular weight is 274 g/mol. The Kier molecular flexibility index (Phi) is 5.18. The van der Waals surface area contributed by atoms with E-state index in [1.807, 2.05) is 38.1 Å². The van der Waals surface area contributed by atoms with E-state index < -0.39 is 0 Å². The SMILES string of the molecule is CCC(CC1CC1)NC(C)C(=O)Nc1ccc(C)cc1. The van der Waals surface area contributed by atoms with Crippen LogP contribution < -0.4 is 10.6 Å². The maximum absolute atomic E-state index is 12.2. The lowest BCUT2D eigenvalue weighted by Crippen LogP contribution is -2.44. The van der Waals surface area contributed by atoms with Gasteiger partial charge in [0.05, 0.1) is 6.04 Å². The molecule has 0 bridgehead atoms. The van der Waals surface area contributed by atoms with Crippen molar-refractivity contribution in [3.63, 3.8) is 0 Å². The van der Waals surface area contributed by atoms with Crippen LogP contribution in [0.4, 0.5) is 5.69 Å². The van der Waals surface area contributed by atoms with Gasteiger partial charge in [-0.05, 0) is 44.7 Å². The molecular weight excluding hydrogens is 248 g/mol. The lowest BCUT2D eigenvalue weighted by Gasteiger charge is -2.21. The summed E-state index contributed by atoms with van der Waals surface area (Å²) < 4.78 is 0. The molecule has 1 aliphatic carbocycles. The smallest absolute Gasteiger partial charge is 0.241 e. The zero-order valence-corrected chi connectivity index (χ0v) is 12.8. The Bertz CT molecular complexity index is 437. The van der Waals surface area contributed by atoms with Gasteiger partial charge in [0.1, 0.15) is 0 Å². The monoisotopic (exact) mass is 274 g/mol. The molecule has 1 saturated carbocycles. The molecule has 1 aromatic rings. The van der Waals surface area contributed by atoms with Crippen LogP contribution in [0.15, 0.2) is 24.3 Å². The number of anilines is 1. The number of carbonyl (C=O) groups is 1. The van der Waals surface area contributed by atoms with Crippen LogP contribution >= 0.6 is 0 Å². The Morgan fingerprint density at radius 3 is 2.50 bits per heavy atom. The van der Waals surface area contributed by atoms with Gasteiger partial charge in [0.15, 0.2) is 0 Å². The molecular formula is C17H26N2O. The topological polar surface area (TPSA) is 41.1 Å². The van der Waals surface area contributed by atoms with Crippen molar-refractivity contribution < 1.29 is 4.79 Å². The van der Waals surface area contributed by atoms with Gasteiger partial charge in [-0.2, -0.15) is 0 Å². The molecule has 2 N–H and O–H groups in total. The molecule has 2 rings (SSSR count). The Morgan fingerprint density at radius 2 is 1.95 bits per heavy atom. The second kappa shape index (κ2) is 6.89. The first-order chi connectivity index (χ1) is 9.58. The molecule has 0 aliphatic heterocycles. The number of rotatable bonds is 7. The number of benzene rings is 1. The summed E-state index contributed by atoms with van der Waals surface area (Å²) in [6.07, 6.45) is 5.02. The number of aryl methyl sites for hydroxylation is 1. The summed E-state index contributed by atoms with van der Waals surface area (Å²) in [6, 6.07) is 8.22. The summed E-state index contributed by atoms with van der Waals surface area (Å²) in [4.78, 5) is 12.2. The summed E-state index contributed by atoms with van der Waals surface area (Å²) in [5.41, 5.74) is 2.06. The van der Waals surface area contributed by atoms with Crippen molar-refractivity contribution in [1.29, 1.82) is 0 Å². The van der Waals surface area contributed by atoms with Crippen LogP contribution in [0.5, 0.6) is 0 Å². The van der Waals surface area contributed by atoms with E-state index >= 15 is 0 Å². The van der Waals surface area contributed by atoms with Crippen molar-refractivity contribution in [1.82, 2.24) is 5.32 Å². The first kappa shape index (κ1) is 15.0. The molecule has 3 nitrogen and oxygen atoms in total. The van der Waals surface area contributed by atoms with Gasteiger partial charge in [0, 0.05) is 11.7 Å². The number of hydrogen-bond acceptors (Lipinski definition) is 2. The van der Waals surface area contributed by atoms with E-state index in [9.17, 15) is 4.79 Å². The third-order valence-electron chi connectivity index (χ3n) is 4.01. The standard InChI is InChI=1S/C17H26N2O/c1-4-15(11-14-7-8-14)18-13(3)17(20)19-16-9-5-12(2)6-10-16/h5-6,9-10,13-15,18H,4,7-8,11H2,1-3H3,(H,19,20). The fourth-order valence-electron chi connectivity index (χ4n) is 2.43. The highest BCUT2D eigenvalue weighted by molar-refractivity contribution is 5.94. The van der Waals surface area contributed by atoms with E-state index in [1.165, 1.54) is 24.8 Å². The molecule has 0 radical (unpaired) electrons. The molecule has 1 amide bonds. The summed E-state index contributed by atoms with van der Waals surface area (Å²) in [7, 11) is 0. The van der Waals surface area contributed by atoms with Crippen molar-refractivity contribution in [2.24, 2.45) is 5.92 Å². The quantitative estimate of drug-likeness (QED) is 0.799. The van der Waals surface area contributed by atoms with Crippen LogP contribution in [-0.2, 0) is 4.79 Å². The number of nitrogens with one attached hydrogen (secondary N) is 2. The Labute approximate surface area is 122 Å². The van der Waals surface area contributed by atoms with Crippen LogP contribution in [0.1, 0.15) is 45.1 Å². The molecule has 1 aliphatic rings. The normalized spacial score (nSPS) is 17.6. The predicted octanol–water partition coefficient (Wildman–Crippen LogP) is 3.49. The zero-order valence-electron chi connectivity index (χ0n) is 12.8. The van der Waals surface area contributed by atoms with E-state index in [0.717, 1.165) is 18.0 Å². The highest BCUT2D eigenvalue weighted by atomic mass is 16.2. The molecule has 3 heteroatoms. The van der Waals surface area contributed by atoms with Gasteiger partial charge in [-0.25, -0.2) is 0 Å². The molecule has 1 aromatic carbocycles. The minimum atomic E-state index is -0.153. The summed E-state index contributed by atoms with van der Waals surface area (Å²) in [6.45, 7) is 6.17. The number of hydrogen-bond donors (Lipinski definition) is 2. The van der Waals surface area contributed by atoms with E-state index in [4.69, 9.17) is 0 Å². The van der Waals surface area contributed by atoms with Gasteiger partial charge in [-0.15, -0.1) is 0 Å². The molecule has 1 fully saturated rings. The van der Waals surface area contributed by atoms with Crippen molar-refractivity contribution in [3.05, 3.63) is 29.8 Å². The highest BCUT2D eigenvalue weighted by Crippen LogP contribution is 2.34. The maximum atomic E-state index is 12.2. The van der Waals surface area contributed by atoms with Crippen LogP contribution in [-0.4, -0.2) is 18.0 Å². The van der Waals surface area contributed by atoms with Crippen LogP contribution in [0.2, 0.25) is 0 Å². The lowest BCUT2D eigenvalue weighted by molar-refractivity contribution is -0.118. The van der Waals surface area contributed by atoms with E-state index in [0.29, 0.717) is 6.04 Å². The molecule has 110 valence electrons. The van der Waals surface area contributed by atoms with Crippen molar-refractivity contribution >= 4 is 11.6 Å². The van der Waals surface area contributed by atoms with Gasteiger partial charge in [-0.3, -0.25) is 4.79 Å². The van der Waals surface area contributed by atoms with Gasteiger partial charge in [0.2, 0.25) is 5.91 Å². The largest absolute Gasteiger partial charge is 0.325 e. The summed E-state index contributed by atoms with van der Waals surface area (Å²) in [5, 5.41) is 6.42. The summed E-state index contributed by atoms with van der Waals surface area (Å²) >= 11 is 0.